The van der Waals surface area contributed by atoms with E-state index in [0.29, 0.717) is 48.0 Å². The molecule has 6 nitrogen and oxygen atoms in total. The SMILES string of the molecule is CCOc1ccc(C(=O)OCC(=O)O[C@@H]2C[C@H](C)CC[C@@H]2C(C)C)cc1OCC. The number of hydrogen-bond donors (Lipinski definition) is 0. The van der Waals surface area contributed by atoms with Gasteiger partial charge in [0.05, 0.1) is 18.8 Å². The Morgan fingerprint density at radius 2 is 1.76 bits per heavy atom. The van der Waals surface area contributed by atoms with Gasteiger partial charge >= 0.3 is 11.9 Å². The zero-order valence-electron chi connectivity index (χ0n) is 18.2. The van der Waals surface area contributed by atoms with Crippen LogP contribution in [0.5, 0.6) is 11.5 Å². The Labute approximate surface area is 173 Å². The van der Waals surface area contributed by atoms with Crippen LogP contribution in [0.15, 0.2) is 18.2 Å². The molecule has 1 fully saturated rings. The second kappa shape index (κ2) is 11.1. The van der Waals surface area contributed by atoms with Gasteiger partial charge < -0.3 is 18.9 Å². The van der Waals surface area contributed by atoms with Crippen molar-refractivity contribution in [3.05, 3.63) is 23.8 Å². The van der Waals surface area contributed by atoms with E-state index in [1.165, 1.54) is 0 Å². The Bertz CT molecular complexity index is 684. The second-order valence-corrected chi connectivity index (χ2v) is 7.96. The predicted molar refractivity (Wildman–Crippen MR) is 110 cm³/mol. The number of benzene rings is 1. The molecule has 0 radical (unpaired) electrons. The quantitative estimate of drug-likeness (QED) is 0.556. The van der Waals surface area contributed by atoms with Gasteiger partial charge in [0.15, 0.2) is 18.1 Å². The van der Waals surface area contributed by atoms with Gasteiger partial charge in [-0.05, 0) is 62.6 Å². The van der Waals surface area contributed by atoms with Crippen LogP contribution < -0.4 is 9.47 Å². The third-order valence-corrected chi connectivity index (χ3v) is 5.34. The van der Waals surface area contributed by atoms with Gasteiger partial charge in [0.1, 0.15) is 6.10 Å². The first-order valence-corrected chi connectivity index (χ1v) is 10.6. The van der Waals surface area contributed by atoms with Crippen LogP contribution in [0.25, 0.3) is 0 Å². The van der Waals surface area contributed by atoms with Gasteiger partial charge in [0.25, 0.3) is 0 Å². The molecule has 1 aromatic rings. The molecule has 162 valence electrons. The maximum absolute atomic E-state index is 12.4. The van der Waals surface area contributed by atoms with Gasteiger partial charge in [0.2, 0.25) is 0 Å². The van der Waals surface area contributed by atoms with Gasteiger partial charge in [-0.25, -0.2) is 9.59 Å². The van der Waals surface area contributed by atoms with Gasteiger partial charge in [0, 0.05) is 0 Å². The van der Waals surface area contributed by atoms with E-state index in [0.717, 1.165) is 19.3 Å². The van der Waals surface area contributed by atoms with Crippen molar-refractivity contribution in [2.45, 2.75) is 60.0 Å². The van der Waals surface area contributed by atoms with Crippen molar-refractivity contribution in [1.29, 1.82) is 0 Å². The summed E-state index contributed by atoms with van der Waals surface area (Å²) in [6, 6.07) is 4.83. The van der Waals surface area contributed by atoms with Crippen LogP contribution >= 0.6 is 0 Å². The zero-order chi connectivity index (χ0) is 21.4. The molecule has 0 bridgehead atoms. The summed E-state index contributed by atoms with van der Waals surface area (Å²) in [6.45, 7) is 10.8. The number of ether oxygens (including phenoxy) is 4. The van der Waals surface area contributed by atoms with Crippen LogP contribution in [0.1, 0.15) is 64.2 Å². The van der Waals surface area contributed by atoms with E-state index in [4.69, 9.17) is 18.9 Å². The van der Waals surface area contributed by atoms with E-state index in [9.17, 15) is 9.59 Å². The third-order valence-electron chi connectivity index (χ3n) is 5.34. The minimum atomic E-state index is -0.594. The molecule has 1 saturated carbocycles. The molecule has 3 atom stereocenters. The van der Waals surface area contributed by atoms with E-state index in [1.807, 2.05) is 13.8 Å². The predicted octanol–water partition coefficient (Wildman–Crippen LogP) is 4.64. The summed E-state index contributed by atoms with van der Waals surface area (Å²) in [5.74, 6) is 1.28. The maximum Gasteiger partial charge on any atom is 0.344 e. The van der Waals surface area contributed by atoms with Crippen molar-refractivity contribution >= 4 is 11.9 Å². The van der Waals surface area contributed by atoms with Crippen molar-refractivity contribution < 1.29 is 28.5 Å². The van der Waals surface area contributed by atoms with Crippen LogP contribution in [0, 0.1) is 17.8 Å². The fourth-order valence-electron chi connectivity index (χ4n) is 3.84. The summed E-state index contributed by atoms with van der Waals surface area (Å²) in [5, 5.41) is 0. The number of carbonyl (C=O) groups is 2. The van der Waals surface area contributed by atoms with E-state index in [2.05, 4.69) is 20.8 Å². The average Bonchev–Trinajstić information content (AvgIpc) is 2.67. The smallest absolute Gasteiger partial charge is 0.344 e. The van der Waals surface area contributed by atoms with Gasteiger partial charge in [-0.15, -0.1) is 0 Å². The average molecular weight is 407 g/mol. The van der Waals surface area contributed by atoms with E-state index in [1.54, 1.807) is 18.2 Å². The third kappa shape index (κ3) is 6.65. The molecule has 0 unspecified atom stereocenters. The first kappa shape index (κ1) is 23.0. The Balaban J connectivity index is 1.94. The standard InChI is InChI=1S/C23H34O6/c1-6-26-19-11-9-17(13-21(19)27-7-2)23(25)28-14-22(24)29-20-12-16(5)8-10-18(20)15(3)4/h9,11,13,15-16,18,20H,6-8,10,12,14H2,1-5H3/t16-,18-,20-/m1/s1. The molecule has 6 heteroatoms. The highest BCUT2D eigenvalue weighted by Crippen LogP contribution is 2.35. The number of esters is 2. The van der Waals surface area contributed by atoms with Crippen LogP contribution in [-0.2, 0) is 14.3 Å². The summed E-state index contributed by atoms with van der Waals surface area (Å²) >= 11 is 0. The molecule has 0 aliphatic heterocycles. The van der Waals surface area contributed by atoms with Crippen LogP contribution in [0.4, 0.5) is 0 Å². The molecular formula is C23H34O6. The lowest BCUT2D eigenvalue weighted by Crippen LogP contribution is -2.36. The number of hydrogen-bond acceptors (Lipinski definition) is 6. The van der Waals surface area contributed by atoms with Crippen LogP contribution in [0.3, 0.4) is 0 Å². The van der Waals surface area contributed by atoms with Crippen LogP contribution in [-0.4, -0.2) is 37.9 Å². The summed E-state index contributed by atoms with van der Waals surface area (Å²) in [5.41, 5.74) is 0.302. The van der Waals surface area contributed by atoms with E-state index < -0.39 is 18.5 Å². The topological polar surface area (TPSA) is 71.1 Å². The van der Waals surface area contributed by atoms with Gasteiger partial charge in [-0.2, -0.15) is 0 Å². The fraction of sp³-hybridized carbons (Fsp3) is 0.652. The summed E-state index contributed by atoms with van der Waals surface area (Å²) in [6.07, 6.45) is 2.97. The molecule has 0 spiro atoms. The lowest BCUT2D eigenvalue weighted by atomic mass is 9.75. The van der Waals surface area contributed by atoms with Crippen molar-refractivity contribution in [3.8, 4) is 11.5 Å². The highest BCUT2D eigenvalue weighted by atomic mass is 16.6. The molecule has 0 amide bonds. The molecule has 0 N–H and O–H groups in total. The Morgan fingerprint density at radius 3 is 2.41 bits per heavy atom. The monoisotopic (exact) mass is 406 g/mol. The Hall–Kier alpha value is -2.24. The molecule has 1 aliphatic rings. The minimum Gasteiger partial charge on any atom is -0.490 e. The highest BCUT2D eigenvalue weighted by molar-refractivity contribution is 5.91. The van der Waals surface area contributed by atoms with Crippen molar-refractivity contribution in [3.63, 3.8) is 0 Å². The number of carbonyl (C=O) groups excluding carboxylic acids is 2. The highest BCUT2D eigenvalue weighted by Gasteiger charge is 2.33. The first-order chi connectivity index (χ1) is 13.8. The molecule has 1 aromatic carbocycles. The van der Waals surface area contributed by atoms with Gasteiger partial charge in [-0.1, -0.05) is 27.2 Å². The van der Waals surface area contributed by atoms with Crippen molar-refractivity contribution in [2.75, 3.05) is 19.8 Å². The molecule has 29 heavy (non-hydrogen) atoms. The Kier molecular flexibility index (Phi) is 8.80. The lowest BCUT2D eigenvalue weighted by molar-refractivity contribution is -0.159. The molecule has 0 heterocycles. The van der Waals surface area contributed by atoms with E-state index in [-0.39, 0.29) is 6.10 Å². The van der Waals surface area contributed by atoms with Crippen molar-refractivity contribution in [2.24, 2.45) is 17.8 Å². The van der Waals surface area contributed by atoms with Crippen molar-refractivity contribution in [1.82, 2.24) is 0 Å². The zero-order valence-corrected chi connectivity index (χ0v) is 18.2. The van der Waals surface area contributed by atoms with E-state index >= 15 is 0 Å². The molecular weight excluding hydrogens is 372 g/mol. The molecule has 0 aromatic heterocycles. The van der Waals surface area contributed by atoms with Gasteiger partial charge in [-0.3, -0.25) is 0 Å². The maximum atomic E-state index is 12.4. The fourth-order valence-corrected chi connectivity index (χ4v) is 3.84. The largest absolute Gasteiger partial charge is 0.490 e. The molecule has 1 aliphatic carbocycles. The summed E-state index contributed by atoms with van der Waals surface area (Å²) in [7, 11) is 0. The molecule has 0 saturated heterocycles. The first-order valence-electron chi connectivity index (χ1n) is 10.6. The second-order valence-electron chi connectivity index (χ2n) is 7.96. The minimum absolute atomic E-state index is 0.111. The Morgan fingerprint density at radius 1 is 1.07 bits per heavy atom. The number of rotatable bonds is 9. The molecule has 2 rings (SSSR count). The summed E-state index contributed by atoms with van der Waals surface area (Å²) in [4.78, 5) is 24.7. The summed E-state index contributed by atoms with van der Waals surface area (Å²) < 4.78 is 21.9. The lowest BCUT2D eigenvalue weighted by Gasteiger charge is -2.36. The normalized spacial score (nSPS) is 21.5. The van der Waals surface area contributed by atoms with Crippen LogP contribution in [0.2, 0.25) is 0 Å².